The lowest BCUT2D eigenvalue weighted by atomic mass is 10.1. The number of thioether (sulfide) groups is 1. The molecule has 3 heterocycles. The molecule has 1 aromatic carbocycles. The smallest absolute Gasteiger partial charge is 0.266 e. The maximum absolute atomic E-state index is 12.9. The van der Waals surface area contributed by atoms with Crippen LogP contribution in [-0.4, -0.2) is 31.1 Å². The first-order chi connectivity index (χ1) is 14.0. The van der Waals surface area contributed by atoms with Gasteiger partial charge in [-0.1, -0.05) is 72.0 Å². The quantitative estimate of drug-likeness (QED) is 0.346. The molecule has 5 nitrogen and oxygen atoms in total. The number of hydrogen-bond donors (Lipinski definition) is 0. The zero-order chi connectivity index (χ0) is 20.5. The predicted molar refractivity (Wildman–Crippen MR) is 121 cm³/mol. The largest absolute Gasteiger partial charge is 0.293 e. The number of thiocarbonyl (C=S) groups is 1. The van der Waals surface area contributed by atoms with Gasteiger partial charge in [-0.3, -0.25) is 18.9 Å². The number of benzene rings is 1. The van der Waals surface area contributed by atoms with Crippen LogP contribution in [0.15, 0.2) is 58.4 Å². The molecular weight excluding hydrogens is 426 g/mol. The van der Waals surface area contributed by atoms with E-state index in [2.05, 4.69) is 4.98 Å². The maximum atomic E-state index is 12.9. The maximum Gasteiger partial charge on any atom is 0.266 e. The summed E-state index contributed by atoms with van der Waals surface area (Å²) in [5.41, 5.74) is 2.32. The molecule has 1 fully saturated rings. The average molecular weight is 442 g/mol. The van der Waals surface area contributed by atoms with Crippen molar-refractivity contribution in [1.29, 1.82) is 0 Å². The Balaban J connectivity index is 1.64. The number of aryl methyl sites for hydroxylation is 1. The predicted octanol–water partition coefficient (Wildman–Crippen LogP) is 4.10. The molecule has 1 aliphatic heterocycles. The molecule has 3 aromatic rings. The Hall–Kier alpha value is -2.48. The van der Waals surface area contributed by atoms with E-state index in [4.69, 9.17) is 23.8 Å². The fourth-order valence-corrected chi connectivity index (χ4v) is 4.62. The van der Waals surface area contributed by atoms with E-state index in [9.17, 15) is 9.59 Å². The van der Waals surface area contributed by atoms with Gasteiger partial charge in [0.25, 0.3) is 11.5 Å². The van der Waals surface area contributed by atoms with Crippen molar-refractivity contribution in [3.63, 3.8) is 0 Å². The van der Waals surface area contributed by atoms with E-state index in [1.165, 1.54) is 22.2 Å². The highest BCUT2D eigenvalue weighted by Gasteiger charge is 2.32. The van der Waals surface area contributed by atoms with Crippen LogP contribution in [0.5, 0.6) is 0 Å². The van der Waals surface area contributed by atoms with Gasteiger partial charge in [0.05, 0.1) is 10.5 Å². The van der Waals surface area contributed by atoms with Crippen molar-refractivity contribution in [2.75, 3.05) is 6.54 Å². The first kappa shape index (κ1) is 19.8. The molecule has 0 aliphatic carbocycles. The number of carbonyl (C=O) groups excluding carboxylic acids is 1. The molecule has 146 valence electrons. The number of hydrogen-bond acceptors (Lipinski definition) is 5. The van der Waals surface area contributed by atoms with Crippen molar-refractivity contribution in [2.45, 2.75) is 13.3 Å². The van der Waals surface area contributed by atoms with Crippen LogP contribution in [0.1, 0.15) is 16.7 Å². The number of aromatic nitrogens is 2. The van der Waals surface area contributed by atoms with Crippen molar-refractivity contribution in [3.05, 3.63) is 85.8 Å². The minimum Gasteiger partial charge on any atom is -0.293 e. The lowest BCUT2D eigenvalue weighted by molar-refractivity contribution is -0.122. The zero-order valence-electron chi connectivity index (χ0n) is 15.5. The SMILES string of the molecule is Cc1cccn2c(=O)c(/C=C3\SC(=S)N(CCc4ccccc4)C3=O)c(Cl)nc12. The van der Waals surface area contributed by atoms with E-state index in [0.29, 0.717) is 27.8 Å². The van der Waals surface area contributed by atoms with Crippen LogP contribution in [-0.2, 0) is 11.2 Å². The van der Waals surface area contributed by atoms with E-state index in [1.807, 2.05) is 43.3 Å². The van der Waals surface area contributed by atoms with Crippen LogP contribution in [0, 0.1) is 6.92 Å². The van der Waals surface area contributed by atoms with E-state index in [0.717, 1.165) is 11.1 Å². The van der Waals surface area contributed by atoms with Gasteiger partial charge in [-0.25, -0.2) is 4.98 Å². The normalized spacial score (nSPS) is 15.7. The highest BCUT2D eigenvalue weighted by Crippen LogP contribution is 2.33. The van der Waals surface area contributed by atoms with E-state index in [1.54, 1.807) is 17.2 Å². The molecule has 0 unspecified atom stereocenters. The zero-order valence-corrected chi connectivity index (χ0v) is 17.9. The van der Waals surface area contributed by atoms with Gasteiger partial charge in [0.1, 0.15) is 15.1 Å². The highest BCUT2D eigenvalue weighted by atomic mass is 35.5. The topological polar surface area (TPSA) is 54.7 Å². The van der Waals surface area contributed by atoms with Crippen LogP contribution < -0.4 is 5.56 Å². The third-order valence-corrected chi connectivity index (χ3v) is 6.32. The Morgan fingerprint density at radius 1 is 1.17 bits per heavy atom. The number of pyridine rings is 1. The summed E-state index contributed by atoms with van der Waals surface area (Å²) in [6.07, 6.45) is 3.82. The molecule has 4 rings (SSSR count). The Morgan fingerprint density at radius 2 is 1.93 bits per heavy atom. The molecular formula is C21H16ClN3O2S2. The Morgan fingerprint density at radius 3 is 2.69 bits per heavy atom. The summed E-state index contributed by atoms with van der Waals surface area (Å²) in [7, 11) is 0. The number of nitrogens with zero attached hydrogens (tertiary/aromatic N) is 3. The number of halogens is 1. The summed E-state index contributed by atoms with van der Waals surface area (Å²) in [5.74, 6) is -0.222. The Bertz CT molecular complexity index is 1220. The number of carbonyl (C=O) groups is 1. The molecule has 0 N–H and O–H groups in total. The molecule has 1 aliphatic rings. The van der Waals surface area contributed by atoms with Crippen molar-refractivity contribution in [2.24, 2.45) is 0 Å². The summed E-state index contributed by atoms with van der Waals surface area (Å²) < 4.78 is 1.90. The monoisotopic (exact) mass is 441 g/mol. The van der Waals surface area contributed by atoms with Crippen LogP contribution in [0.2, 0.25) is 5.15 Å². The van der Waals surface area contributed by atoms with E-state index in [-0.39, 0.29) is 22.2 Å². The molecule has 0 saturated carbocycles. The van der Waals surface area contributed by atoms with Gasteiger partial charge >= 0.3 is 0 Å². The van der Waals surface area contributed by atoms with Crippen LogP contribution in [0.4, 0.5) is 0 Å². The van der Waals surface area contributed by atoms with Gasteiger partial charge in [-0.2, -0.15) is 0 Å². The molecule has 1 saturated heterocycles. The second kappa shape index (κ2) is 8.10. The third kappa shape index (κ3) is 3.85. The molecule has 29 heavy (non-hydrogen) atoms. The Labute approximate surface area is 182 Å². The van der Waals surface area contributed by atoms with Gasteiger partial charge in [-0.05, 0) is 36.6 Å². The highest BCUT2D eigenvalue weighted by molar-refractivity contribution is 8.26. The second-order valence-electron chi connectivity index (χ2n) is 6.58. The van der Waals surface area contributed by atoms with Gasteiger partial charge < -0.3 is 0 Å². The van der Waals surface area contributed by atoms with Crippen LogP contribution >= 0.6 is 35.6 Å². The fraction of sp³-hybridized carbons (Fsp3) is 0.143. The molecule has 0 atom stereocenters. The van der Waals surface area contributed by atoms with Crippen molar-refractivity contribution in [3.8, 4) is 0 Å². The summed E-state index contributed by atoms with van der Waals surface area (Å²) in [5, 5.41) is 0.0684. The lowest BCUT2D eigenvalue weighted by Crippen LogP contribution is -2.30. The Kier molecular flexibility index (Phi) is 5.54. The number of fused-ring (bicyclic) bond motifs is 1. The summed E-state index contributed by atoms with van der Waals surface area (Å²) in [6.45, 7) is 2.34. The van der Waals surface area contributed by atoms with Gasteiger partial charge in [0.15, 0.2) is 0 Å². The molecule has 0 spiro atoms. The molecule has 0 bridgehead atoms. The minimum absolute atomic E-state index is 0.0684. The van der Waals surface area contributed by atoms with Gasteiger partial charge in [0, 0.05) is 12.7 Å². The van der Waals surface area contributed by atoms with Crippen LogP contribution in [0.3, 0.4) is 0 Å². The minimum atomic E-state index is -0.321. The molecule has 8 heteroatoms. The second-order valence-corrected chi connectivity index (χ2v) is 8.61. The lowest BCUT2D eigenvalue weighted by Gasteiger charge is -2.14. The number of rotatable bonds is 4. The molecule has 0 radical (unpaired) electrons. The summed E-state index contributed by atoms with van der Waals surface area (Å²) in [6, 6.07) is 13.5. The first-order valence-electron chi connectivity index (χ1n) is 8.92. The summed E-state index contributed by atoms with van der Waals surface area (Å²) in [4.78, 5) is 32.0. The van der Waals surface area contributed by atoms with Crippen LogP contribution in [0.25, 0.3) is 11.7 Å². The average Bonchev–Trinajstić information content (AvgIpc) is 2.98. The van der Waals surface area contributed by atoms with Crippen molar-refractivity contribution in [1.82, 2.24) is 14.3 Å². The molecule has 1 amide bonds. The summed E-state index contributed by atoms with van der Waals surface area (Å²) >= 11 is 12.8. The van der Waals surface area contributed by atoms with E-state index < -0.39 is 0 Å². The third-order valence-electron chi connectivity index (χ3n) is 4.65. The van der Waals surface area contributed by atoms with Crippen molar-refractivity contribution >= 4 is 57.5 Å². The van der Waals surface area contributed by atoms with Crippen molar-refractivity contribution < 1.29 is 4.79 Å². The van der Waals surface area contributed by atoms with Gasteiger partial charge in [0.2, 0.25) is 0 Å². The van der Waals surface area contributed by atoms with E-state index >= 15 is 0 Å². The fourth-order valence-electron chi connectivity index (χ4n) is 3.12. The molecule has 2 aromatic heterocycles. The first-order valence-corrected chi connectivity index (χ1v) is 10.5. The standard InChI is InChI=1S/C21H16ClN3O2S2/c1-13-6-5-10-24-18(13)23-17(22)15(19(24)26)12-16-20(27)25(21(28)29-16)11-9-14-7-3-2-4-8-14/h2-8,10,12H,9,11H2,1H3/b16-12-. The van der Waals surface area contributed by atoms with Gasteiger partial charge in [-0.15, -0.1) is 0 Å². The number of amides is 1.